The van der Waals surface area contributed by atoms with Crippen molar-refractivity contribution in [1.82, 2.24) is 0 Å². The summed E-state index contributed by atoms with van der Waals surface area (Å²) in [6.45, 7) is 0. The summed E-state index contributed by atoms with van der Waals surface area (Å²) in [7, 11) is 0. The van der Waals surface area contributed by atoms with E-state index in [2.05, 4.69) is 28.3 Å². The van der Waals surface area contributed by atoms with Crippen LogP contribution < -0.4 is 0 Å². The molecule has 6 heteroatoms. The van der Waals surface area contributed by atoms with Crippen LogP contribution in [-0.4, -0.2) is 3.25 Å². The van der Waals surface area contributed by atoms with E-state index < -0.39 is 3.25 Å². The molecule has 0 aliphatic rings. The molecule has 0 nitrogen and oxygen atoms in total. The number of alkyl halides is 4. The fourth-order valence-corrected chi connectivity index (χ4v) is 0. The Morgan fingerprint density at radius 2 is 0.857 bits per heavy atom. The zero-order valence-corrected chi connectivity index (χ0v) is 8.96. The lowest BCUT2D eigenvalue weighted by molar-refractivity contribution is 1.76. The minimum absolute atomic E-state index is 1.61. The van der Waals surface area contributed by atoms with Crippen LogP contribution in [0.5, 0.6) is 0 Å². The van der Waals surface area contributed by atoms with E-state index in [1.165, 1.54) is 0 Å². The Bertz CT molecular complexity index is 25.2. The SMILES string of the molecule is BrBr.ClC(Cl)(Cl)Cl. The first-order valence-electron chi connectivity index (χ1n) is 0.899. The van der Waals surface area contributed by atoms with Crippen LogP contribution in [0, 0.1) is 0 Å². The summed E-state index contributed by atoms with van der Waals surface area (Å²) in [4.78, 5) is 0. The second kappa shape index (κ2) is 6.24. The van der Waals surface area contributed by atoms with Gasteiger partial charge in [-0.15, -0.1) is 0 Å². The maximum absolute atomic E-state index is 4.83. The zero-order valence-electron chi connectivity index (χ0n) is 2.77. The van der Waals surface area contributed by atoms with Gasteiger partial charge in [0.2, 0.25) is 0 Å². The van der Waals surface area contributed by atoms with Crippen molar-refractivity contribution < 1.29 is 0 Å². The smallest absolute Gasteiger partial charge is 0.0664 e. The third-order valence-corrected chi connectivity index (χ3v) is 0. The van der Waals surface area contributed by atoms with Crippen LogP contribution in [0.25, 0.3) is 0 Å². The molecule has 46 valence electrons. The standard InChI is InChI=1S/CCl4.Br2/c2-1(3,4)5;1-2. The molecule has 0 saturated heterocycles. The molecule has 0 atom stereocenters. The fraction of sp³-hybridized carbons (Fsp3) is 1.00. The molecule has 0 spiro atoms. The Balaban J connectivity index is 0. The van der Waals surface area contributed by atoms with E-state index in [9.17, 15) is 0 Å². The summed E-state index contributed by atoms with van der Waals surface area (Å²) >= 11 is 24.8. The summed E-state index contributed by atoms with van der Waals surface area (Å²) < 4.78 is -1.61. The minimum Gasteiger partial charge on any atom is -0.0664 e. The normalized spacial score (nSPS) is 9.43. The Labute approximate surface area is 77.3 Å². The maximum atomic E-state index is 4.83. The van der Waals surface area contributed by atoms with E-state index in [0.29, 0.717) is 0 Å². The number of hydrogen-bond donors (Lipinski definition) is 0. The van der Waals surface area contributed by atoms with Crippen LogP contribution in [0.2, 0.25) is 0 Å². The molecule has 0 rings (SSSR count). The molecular weight excluding hydrogens is 314 g/mol. The highest BCUT2D eigenvalue weighted by Gasteiger charge is 2.11. The zero-order chi connectivity index (χ0) is 6.50. The summed E-state index contributed by atoms with van der Waals surface area (Å²) in [6.07, 6.45) is 0. The third kappa shape index (κ3) is 67.7. The van der Waals surface area contributed by atoms with Gasteiger partial charge in [-0.3, -0.25) is 0 Å². The Kier molecular flexibility index (Phi) is 10.6. The largest absolute Gasteiger partial charge is 0.266 e. The first kappa shape index (κ1) is 11.9. The summed E-state index contributed by atoms with van der Waals surface area (Å²) in [5, 5.41) is 0. The third-order valence-electron chi connectivity index (χ3n) is 0. The van der Waals surface area contributed by atoms with Crippen molar-refractivity contribution in [2.24, 2.45) is 0 Å². The lowest BCUT2D eigenvalue weighted by Gasteiger charge is -1.91. The highest BCUT2D eigenvalue weighted by molar-refractivity contribution is 9.93. The van der Waals surface area contributed by atoms with Gasteiger partial charge in [0.1, 0.15) is 0 Å². The van der Waals surface area contributed by atoms with Gasteiger partial charge < -0.3 is 0 Å². The summed E-state index contributed by atoms with van der Waals surface area (Å²) in [5.41, 5.74) is 0. The van der Waals surface area contributed by atoms with Gasteiger partial charge in [-0.05, 0) is 0 Å². The monoisotopic (exact) mass is 310 g/mol. The van der Waals surface area contributed by atoms with Crippen LogP contribution >= 0.6 is 74.7 Å². The topological polar surface area (TPSA) is 0 Å². The molecule has 0 radical (unpaired) electrons. The van der Waals surface area contributed by atoms with Gasteiger partial charge >= 0.3 is 0 Å². The van der Waals surface area contributed by atoms with Crippen LogP contribution in [0.3, 0.4) is 0 Å². The van der Waals surface area contributed by atoms with Crippen molar-refractivity contribution in [2.45, 2.75) is 3.25 Å². The Morgan fingerprint density at radius 1 is 0.857 bits per heavy atom. The first-order valence-corrected chi connectivity index (χ1v) is 6.12. The van der Waals surface area contributed by atoms with Gasteiger partial charge in [-0.1, -0.05) is 46.4 Å². The second-order valence-electron chi connectivity index (χ2n) is 0.429. The first-order chi connectivity index (χ1) is 3.00. The van der Waals surface area contributed by atoms with Crippen molar-refractivity contribution in [2.75, 3.05) is 0 Å². The van der Waals surface area contributed by atoms with Crippen molar-refractivity contribution in [3.05, 3.63) is 0 Å². The summed E-state index contributed by atoms with van der Waals surface area (Å²) in [5.74, 6) is 0. The van der Waals surface area contributed by atoms with Crippen LogP contribution in [0.15, 0.2) is 0 Å². The van der Waals surface area contributed by atoms with Gasteiger partial charge in [0.25, 0.3) is 3.25 Å². The van der Waals surface area contributed by atoms with E-state index >= 15 is 0 Å². The highest BCUT2D eigenvalue weighted by Crippen LogP contribution is 2.29. The maximum Gasteiger partial charge on any atom is 0.266 e. The molecule has 0 aromatic rings. The number of halogens is 6. The molecule has 0 aliphatic carbocycles. The van der Waals surface area contributed by atoms with E-state index in [0.717, 1.165) is 0 Å². The van der Waals surface area contributed by atoms with Crippen molar-refractivity contribution in [3.63, 3.8) is 0 Å². The Morgan fingerprint density at radius 3 is 0.857 bits per heavy atom. The predicted molar refractivity (Wildman–Crippen MR) is 44.0 cm³/mol. The molecule has 7 heavy (non-hydrogen) atoms. The average Bonchev–Trinajstić information content (AvgIpc) is 1.36. The summed E-state index contributed by atoms with van der Waals surface area (Å²) in [6, 6.07) is 0. The molecule has 0 aromatic heterocycles. The van der Waals surface area contributed by atoms with E-state index in [1.807, 2.05) is 0 Å². The molecule has 0 unspecified atom stereocenters. The predicted octanol–water partition coefficient (Wildman–Crippen LogP) is 4.24. The molecule has 0 bridgehead atoms. The lowest BCUT2D eigenvalue weighted by Crippen LogP contribution is -1.81. The van der Waals surface area contributed by atoms with Crippen LogP contribution in [-0.2, 0) is 0 Å². The minimum atomic E-state index is -1.61. The molecule has 0 amide bonds. The van der Waals surface area contributed by atoms with E-state index in [1.54, 1.807) is 0 Å². The van der Waals surface area contributed by atoms with Crippen LogP contribution in [0.1, 0.15) is 0 Å². The van der Waals surface area contributed by atoms with Crippen molar-refractivity contribution in [3.8, 4) is 0 Å². The van der Waals surface area contributed by atoms with Gasteiger partial charge in [0.05, 0.1) is 0 Å². The molecule has 0 heterocycles. The van der Waals surface area contributed by atoms with E-state index in [-0.39, 0.29) is 0 Å². The van der Waals surface area contributed by atoms with Crippen LogP contribution in [0.4, 0.5) is 0 Å². The number of hydrogen-bond acceptors (Lipinski definition) is 0. The quantitative estimate of drug-likeness (QED) is 0.587. The fourth-order valence-electron chi connectivity index (χ4n) is 0. The molecular formula is CBr2Cl4. The molecule has 0 saturated carbocycles. The second-order valence-corrected chi connectivity index (χ2v) is 3.86. The van der Waals surface area contributed by atoms with Gasteiger partial charge in [-0.25, -0.2) is 0 Å². The van der Waals surface area contributed by atoms with E-state index in [4.69, 9.17) is 46.4 Å². The van der Waals surface area contributed by atoms with Gasteiger partial charge in [-0.2, -0.15) is 0 Å². The van der Waals surface area contributed by atoms with Crippen molar-refractivity contribution in [1.29, 1.82) is 0 Å². The Hall–Kier alpha value is 2.12. The van der Waals surface area contributed by atoms with Gasteiger partial charge in [0.15, 0.2) is 0 Å². The molecule has 0 N–H and O–H groups in total. The van der Waals surface area contributed by atoms with Crippen molar-refractivity contribution >= 4 is 74.7 Å². The highest BCUT2D eigenvalue weighted by atomic mass is 80.9. The molecule has 0 fully saturated rings. The average molecular weight is 314 g/mol. The number of rotatable bonds is 0. The molecule has 0 aliphatic heterocycles. The van der Waals surface area contributed by atoms with Gasteiger partial charge in [0, 0.05) is 28.3 Å². The lowest BCUT2D eigenvalue weighted by atomic mass is 11.8. The molecule has 0 aromatic carbocycles.